The molecule has 4 nitrogen and oxygen atoms in total. The molecule has 1 amide bonds. The molecule has 1 aromatic heterocycles. The predicted molar refractivity (Wildman–Crippen MR) is 79.9 cm³/mol. The fourth-order valence-corrected chi connectivity index (χ4v) is 3.09. The van der Waals surface area contributed by atoms with E-state index >= 15 is 0 Å². The van der Waals surface area contributed by atoms with Gasteiger partial charge in [-0.15, -0.1) is 0 Å². The zero-order chi connectivity index (χ0) is 14.8. The molecule has 0 aliphatic carbocycles. The van der Waals surface area contributed by atoms with E-state index in [1.807, 2.05) is 32.2 Å². The Labute approximate surface area is 124 Å². The van der Waals surface area contributed by atoms with Gasteiger partial charge in [0, 0.05) is 19.0 Å². The summed E-state index contributed by atoms with van der Waals surface area (Å²) in [7, 11) is 0. The van der Waals surface area contributed by atoms with Crippen LogP contribution in [0.1, 0.15) is 32.8 Å². The molecule has 1 aromatic rings. The number of hydrogen-bond acceptors (Lipinski definition) is 4. The number of amides is 1. The van der Waals surface area contributed by atoms with Crippen LogP contribution in [0.3, 0.4) is 0 Å². The lowest BCUT2D eigenvalue weighted by Crippen LogP contribution is -2.36. The Morgan fingerprint density at radius 3 is 2.95 bits per heavy atom. The number of likely N-dealkylation sites (tertiary alicyclic amines) is 1. The van der Waals surface area contributed by atoms with Gasteiger partial charge in [0.1, 0.15) is 5.60 Å². The van der Waals surface area contributed by atoms with E-state index in [1.165, 1.54) is 5.56 Å². The molecule has 0 spiro atoms. The Balaban J connectivity index is 1.84. The lowest BCUT2D eigenvalue weighted by Gasteiger charge is -2.25. The highest BCUT2D eigenvalue weighted by Crippen LogP contribution is 2.24. The molecule has 0 aromatic carbocycles. The number of ether oxygens (including phenoxy) is 1. The molecule has 2 atom stereocenters. The lowest BCUT2D eigenvalue weighted by molar-refractivity contribution is 0.0269. The van der Waals surface area contributed by atoms with Gasteiger partial charge in [0.15, 0.2) is 0 Å². The Morgan fingerprint density at radius 1 is 1.60 bits per heavy atom. The van der Waals surface area contributed by atoms with Crippen molar-refractivity contribution in [1.29, 1.82) is 0 Å². The summed E-state index contributed by atoms with van der Waals surface area (Å²) in [5, 5.41) is 14.4. The fourth-order valence-electron chi connectivity index (χ4n) is 2.41. The second-order valence-corrected chi connectivity index (χ2v) is 7.16. The predicted octanol–water partition coefficient (Wildman–Crippen LogP) is 2.91. The van der Waals surface area contributed by atoms with Crippen molar-refractivity contribution in [2.75, 3.05) is 13.1 Å². The molecule has 0 saturated carbocycles. The van der Waals surface area contributed by atoms with Gasteiger partial charge in [-0.1, -0.05) is 0 Å². The maximum absolute atomic E-state index is 12.0. The number of carbonyl (C=O) groups is 1. The van der Waals surface area contributed by atoms with Crippen LogP contribution in [0.15, 0.2) is 16.8 Å². The van der Waals surface area contributed by atoms with Crippen molar-refractivity contribution in [2.24, 2.45) is 5.92 Å². The number of hydrogen-bond donors (Lipinski definition) is 1. The molecule has 1 fully saturated rings. The first kappa shape index (κ1) is 15.3. The van der Waals surface area contributed by atoms with Gasteiger partial charge in [0.05, 0.1) is 6.10 Å². The quantitative estimate of drug-likeness (QED) is 0.933. The van der Waals surface area contributed by atoms with Crippen molar-refractivity contribution in [2.45, 2.75) is 45.3 Å². The van der Waals surface area contributed by atoms with Gasteiger partial charge in [0.2, 0.25) is 0 Å². The van der Waals surface area contributed by atoms with E-state index in [1.54, 1.807) is 16.2 Å². The van der Waals surface area contributed by atoms with Crippen molar-refractivity contribution < 1.29 is 14.6 Å². The molecule has 2 unspecified atom stereocenters. The molecular weight excluding hydrogens is 274 g/mol. The number of rotatable bonds is 3. The van der Waals surface area contributed by atoms with Crippen LogP contribution in [0, 0.1) is 5.92 Å². The minimum absolute atomic E-state index is 0.141. The smallest absolute Gasteiger partial charge is 0.410 e. The van der Waals surface area contributed by atoms with Crippen LogP contribution >= 0.6 is 11.3 Å². The molecular formula is C15H23NO3S. The largest absolute Gasteiger partial charge is 0.444 e. The summed E-state index contributed by atoms with van der Waals surface area (Å²) >= 11 is 1.64. The Kier molecular flexibility index (Phi) is 4.70. The first-order valence-electron chi connectivity index (χ1n) is 7.02. The van der Waals surface area contributed by atoms with E-state index in [0.29, 0.717) is 19.5 Å². The molecule has 1 saturated heterocycles. The third-order valence-electron chi connectivity index (χ3n) is 3.45. The minimum Gasteiger partial charge on any atom is -0.444 e. The van der Waals surface area contributed by atoms with Gasteiger partial charge in [0.25, 0.3) is 0 Å². The Morgan fingerprint density at radius 2 is 2.35 bits per heavy atom. The highest BCUT2D eigenvalue weighted by Gasteiger charge is 2.33. The van der Waals surface area contributed by atoms with E-state index in [9.17, 15) is 9.90 Å². The van der Waals surface area contributed by atoms with Gasteiger partial charge >= 0.3 is 6.09 Å². The summed E-state index contributed by atoms with van der Waals surface area (Å²) < 4.78 is 5.36. The van der Waals surface area contributed by atoms with E-state index < -0.39 is 11.7 Å². The summed E-state index contributed by atoms with van der Waals surface area (Å²) in [6, 6.07) is 2.04. The van der Waals surface area contributed by atoms with Crippen LogP contribution < -0.4 is 0 Å². The third-order valence-corrected chi connectivity index (χ3v) is 4.18. The number of aliphatic hydroxyl groups excluding tert-OH is 1. The van der Waals surface area contributed by atoms with Crippen LogP contribution in [-0.4, -0.2) is 40.9 Å². The highest BCUT2D eigenvalue weighted by molar-refractivity contribution is 7.07. The van der Waals surface area contributed by atoms with Gasteiger partial charge in [-0.3, -0.25) is 0 Å². The summed E-state index contributed by atoms with van der Waals surface area (Å²) in [5.41, 5.74) is 0.697. The highest BCUT2D eigenvalue weighted by atomic mass is 32.1. The van der Waals surface area contributed by atoms with Gasteiger partial charge in [-0.2, -0.15) is 11.3 Å². The maximum Gasteiger partial charge on any atom is 0.410 e. The number of thiophene rings is 1. The third kappa shape index (κ3) is 4.21. The average Bonchev–Trinajstić information content (AvgIpc) is 2.96. The number of carbonyl (C=O) groups excluding carboxylic acids is 1. The van der Waals surface area contributed by atoms with Crippen LogP contribution in [0.2, 0.25) is 0 Å². The molecule has 1 N–H and O–H groups in total. The molecule has 1 aliphatic rings. The second-order valence-electron chi connectivity index (χ2n) is 6.38. The van der Waals surface area contributed by atoms with Crippen molar-refractivity contribution in [1.82, 2.24) is 4.90 Å². The van der Waals surface area contributed by atoms with Crippen LogP contribution in [0.25, 0.3) is 0 Å². The van der Waals surface area contributed by atoms with Crippen LogP contribution in [0.5, 0.6) is 0 Å². The molecule has 112 valence electrons. The monoisotopic (exact) mass is 297 g/mol. The molecule has 5 heteroatoms. The van der Waals surface area contributed by atoms with E-state index in [2.05, 4.69) is 5.38 Å². The Bertz CT molecular complexity index is 438. The first-order chi connectivity index (χ1) is 9.35. The van der Waals surface area contributed by atoms with Crippen molar-refractivity contribution >= 4 is 17.4 Å². The van der Waals surface area contributed by atoms with E-state index in [4.69, 9.17) is 4.74 Å². The minimum atomic E-state index is -0.468. The first-order valence-corrected chi connectivity index (χ1v) is 7.96. The average molecular weight is 297 g/mol. The van der Waals surface area contributed by atoms with Crippen LogP contribution in [-0.2, 0) is 11.2 Å². The summed E-state index contributed by atoms with van der Waals surface area (Å²) in [4.78, 5) is 13.7. The molecule has 2 heterocycles. The molecule has 0 radical (unpaired) electrons. The molecule has 0 bridgehead atoms. The number of nitrogens with zero attached hydrogens (tertiary/aromatic N) is 1. The van der Waals surface area contributed by atoms with Gasteiger partial charge < -0.3 is 14.7 Å². The molecule has 20 heavy (non-hydrogen) atoms. The fraction of sp³-hybridized carbons (Fsp3) is 0.667. The zero-order valence-electron chi connectivity index (χ0n) is 12.3. The summed E-state index contributed by atoms with van der Waals surface area (Å²) in [6.07, 6.45) is 0.834. The topological polar surface area (TPSA) is 49.8 Å². The normalized spacial score (nSPS) is 21.0. The summed E-state index contributed by atoms with van der Waals surface area (Å²) in [5.74, 6) is 0.141. The van der Waals surface area contributed by atoms with Crippen molar-refractivity contribution in [3.8, 4) is 0 Å². The molecule has 2 rings (SSSR count). The molecule has 1 aliphatic heterocycles. The van der Waals surface area contributed by atoms with Crippen LogP contribution in [0.4, 0.5) is 4.79 Å². The number of aliphatic hydroxyl groups is 1. The van der Waals surface area contributed by atoms with Gasteiger partial charge in [-0.05, 0) is 56.0 Å². The standard InChI is InChI=1S/C15H23NO3S/c1-15(2,3)19-14(18)16-6-4-12(9-16)13(17)8-11-5-7-20-10-11/h5,7,10,12-13,17H,4,6,8-9H2,1-3H3. The zero-order valence-corrected chi connectivity index (χ0v) is 13.2. The van der Waals surface area contributed by atoms with E-state index in [-0.39, 0.29) is 12.0 Å². The van der Waals surface area contributed by atoms with Gasteiger partial charge in [-0.25, -0.2) is 4.79 Å². The van der Waals surface area contributed by atoms with Crippen molar-refractivity contribution in [3.63, 3.8) is 0 Å². The maximum atomic E-state index is 12.0. The Hall–Kier alpha value is -1.07. The summed E-state index contributed by atoms with van der Waals surface area (Å²) in [6.45, 7) is 6.85. The SMILES string of the molecule is CC(C)(C)OC(=O)N1CCC(C(O)Cc2ccsc2)C1. The lowest BCUT2D eigenvalue weighted by atomic mass is 9.97. The second kappa shape index (κ2) is 6.14. The van der Waals surface area contributed by atoms with Crippen molar-refractivity contribution in [3.05, 3.63) is 22.4 Å². The van der Waals surface area contributed by atoms with E-state index in [0.717, 1.165) is 6.42 Å².